The molecule has 0 saturated heterocycles. The molecule has 0 bridgehead atoms. The van der Waals surface area contributed by atoms with Crippen LogP contribution in [0.15, 0.2) is 59.4 Å². The fourth-order valence-electron chi connectivity index (χ4n) is 2.88. The highest BCUT2D eigenvalue weighted by Gasteiger charge is 2.21. The number of anilines is 1. The number of nitrogens with zero attached hydrogens (tertiary/aromatic N) is 2. The predicted octanol–water partition coefficient (Wildman–Crippen LogP) is 3.20. The zero-order chi connectivity index (χ0) is 19.6. The maximum Gasteiger partial charge on any atom is 0.295 e. The van der Waals surface area contributed by atoms with Crippen LogP contribution in [0.2, 0.25) is 0 Å². The number of benzene rings is 2. The van der Waals surface area contributed by atoms with E-state index in [0.717, 1.165) is 11.3 Å². The summed E-state index contributed by atoms with van der Waals surface area (Å²) in [5.41, 5.74) is 2.42. The van der Waals surface area contributed by atoms with Crippen molar-refractivity contribution in [3.63, 3.8) is 0 Å². The Kier molecular flexibility index (Phi) is 5.16. The Morgan fingerprint density at radius 3 is 2.44 bits per heavy atom. The molecule has 1 atom stereocenters. The molecule has 6 nitrogen and oxygen atoms in total. The normalized spacial score (nSPS) is 11.9. The van der Waals surface area contributed by atoms with E-state index in [2.05, 4.69) is 5.32 Å². The highest BCUT2D eigenvalue weighted by molar-refractivity contribution is 5.94. The van der Waals surface area contributed by atoms with E-state index in [1.165, 1.54) is 4.68 Å². The lowest BCUT2D eigenvalue weighted by Gasteiger charge is -2.14. The first-order chi connectivity index (χ1) is 12.9. The van der Waals surface area contributed by atoms with Crippen molar-refractivity contribution in [2.45, 2.75) is 26.9 Å². The maximum absolute atomic E-state index is 12.9. The highest BCUT2D eigenvalue weighted by atomic mass is 16.5. The number of nitrogens with one attached hydrogen (secondary N) is 1. The molecule has 2 aromatic carbocycles. The number of amides is 1. The number of carbonyl (C=O) groups excluding carboxylic acids is 1. The minimum absolute atomic E-state index is 0.256. The number of carbonyl (C=O) groups is 1. The standard InChI is InChI=1S/C21H23N3O3/c1-14-9-8-12-18(13-14)27-16(3)20(25)22-19-15(2)23(4)24(21(19)26)17-10-6-5-7-11-17/h5-13,16H,1-4H3,(H,22,25). The third-order valence-electron chi connectivity index (χ3n) is 4.47. The third-order valence-corrected chi connectivity index (χ3v) is 4.47. The smallest absolute Gasteiger partial charge is 0.295 e. The summed E-state index contributed by atoms with van der Waals surface area (Å²) in [5, 5.41) is 2.73. The van der Waals surface area contributed by atoms with Crippen LogP contribution in [0.3, 0.4) is 0 Å². The van der Waals surface area contributed by atoms with Gasteiger partial charge >= 0.3 is 0 Å². The molecule has 1 unspecified atom stereocenters. The van der Waals surface area contributed by atoms with Crippen molar-refractivity contribution < 1.29 is 9.53 Å². The first-order valence-electron chi connectivity index (χ1n) is 8.76. The Balaban J connectivity index is 1.83. The van der Waals surface area contributed by atoms with Gasteiger partial charge in [0, 0.05) is 7.05 Å². The summed E-state index contributed by atoms with van der Waals surface area (Å²) in [4.78, 5) is 25.4. The van der Waals surface area contributed by atoms with E-state index in [-0.39, 0.29) is 17.2 Å². The molecule has 0 aliphatic rings. The second-order valence-corrected chi connectivity index (χ2v) is 6.50. The fourth-order valence-corrected chi connectivity index (χ4v) is 2.88. The molecule has 3 aromatic rings. The Hall–Kier alpha value is -3.28. The topological polar surface area (TPSA) is 65.3 Å². The molecular formula is C21H23N3O3. The molecule has 6 heteroatoms. The largest absolute Gasteiger partial charge is 0.481 e. The van der Waals surface area contributed by atoms with Gasteiger partial charge < -0.3 is 10.1 Å². The lowest BCUT2D eigenvalue weighted by atomic mass is 10.2. The van der Waals surface area contributed by atoms with Gasteiger partial charge in [0.15, 0.2) is 6.10 Å². The van der Waals surface area contributed by atoms with Crippen LogP contribution in [0.4, 0.5) is 5.69 Å². The van der Waals surface area contributed by atoms with Gasteiger partial charge in [-0.25, -0.2) is 4.68 Å². The SMILES string of the molecule is Cc1cccc(OC(C)C(=O)Nc2c(C)n(C)n(-c3ccccc3)c2=O)c1. The molecule has 0 saturated carbocycles. The van der Waals surface area contributed by atoms with Crippen molar-refractivity contribution in [1.29, 1.82) is 0 Å². The van der Waals surface area contributed by atoms with Crippen LogP contribution in [0.5, 0.6) is 5.75 Å². The van der Waals surface area contributed by atoms with Crippen LogP contribution in [0, 0.1) is 13.8 Å². The molecule has 1 heterocycles. The van der Waals surface area contributed by atoms with E-state index < -0.39 is 6.10 Å². The van der Waals surface area contributed by atoms with Crippen LogP contribution in [-0.2, 0) is 11.8 Å². The van der Waals surface area contributed by atoms with Gasteiger partial charge in [0.1, 0.15) is 11.4 Å². The number of para-hydroxylation sites is 1. The maximum atomic E-state index is 12.9. The Morgan fingerprint density at radius 2 is 1.78 bits per heavy atom. The number of rotatable bonds is 5. The van der Waals surface area contributed by atoms with E-state index in [4.69, 9.17) is 4.74 Å². The number of hydrogen-bond acceptors (Lipinski definition) is 3. The van der Waals surface area contributed by atoms with Gasteiger partial charge in [-0.3, -0.25) is 14.3 Å². The van der Waals surface area contributed by atoms with Crippen molar-refractivity contribution in [3.05, 3.63) is 76.2 Å². The fraction of sp³-hybridized carbons (Fsp3) is 0.238. The molecule has 0 aliphatic heterocycles. The van der Waals surface area contributed by atoms with Gasteiger partial charge in [0.05, 0.1) is 11.4 Å². The average molecular weight is 365 g/mol. The molecule has 0 aliphatic carbocycles. The molecule has 0 radical (unpaired) electrons. The molecular weight excluding hydrogens is 342 g/mol. The molecule has 3 rings (SSSR count). The molecule has 0 fully saturated rings. The van der Waals surface area contributed by atoms with Crippen molar-refractivity contribution in [2.75, 3.05) is 5.32 Å². The molecule has 1 N–H and O–H groups in total. The first kappa shape index (κ1) is 18.5. The Labute approximate surface area is 158 Å². The molecule has 1 amide bonds. The second-order valence-electron chi connectivity index (χ2n) is 6.50. The summed E-state index contributed by atoms with van der Waals surface area (Å²) >= 11 is 0. The Bertz CT molecular complexity index is 1020. The van der Waals surface area contributed by atoms with E-state index >= 15 is 0 Å². The third kappa shape index (κ3) is 3.79. The quantitative estimate of drug-likeness (QED) is 0.755. The van der Waals surface area contributed by atoms with Crippen LogP contribution < -0.4 is 15.6 Å². The number of hydrogen-bond donors (Lipinski definition) is 1. The van der Waals surface area contributed by atoms with Gasteiger partial charge in [-0.05, 0) is 50.6 Å². The van der Waals surface area contributed by atoms with Crippen LogP contribution in [0.25, 0.3) is 5.69 Å². The van der Waals surface area contributed by atoms with E-state index in [9.17, 15) is 9.59 Å². The lowest BCUT2D eigenvalue weighted by Crippen LogP contribution is -2.32. The van der Waals surface area contributed by atoms with Gasteiger partial charge in [-0.2, -0.15) is 0 Å². The van der Waals surface area contributed by atoms with Gasteiger partial charge in [0.2, 0.25) is 0 Å². The first-order valence-corrected chi connectivity index (χ1v) is 8.76. The summed E-state index contributed by atoms with van der Waals surface area (Å²) < 4.78 is 8.95. The summed E-state index contributed by atoms with van der Waals surface area (Å²) in [6.07, 6.45) is -0.740. The van der Waals surface area contributed by atoms with Crippen molar-refractivity contribution >= 4 is 11.6 Å². The molecule has 27 heavy (non-hydrogen) atoms. The lowest BCUT2D eigenvalue weighted by molar-refractivity contribution is -0.122. The van der Waals surface area contributed by atoms with Crippen molar-refractivity contribution in [2.24, 2.45) is 7.05 Å². The molecule has 1 aromatic heterocycles. The predicted molar refractivity (Wildman–Crippen MR) is 106 cm³/mol. The van der Waals surface area contributed by atoms with Crippen molar-refractivity contribution in [1.82, 2.24) is 9.36 Å². The zero-order valence-corrected chi connectivity index (χ0v) is 15.9. The van der Waals surface area contributed by atoms with Crippen LogP contribution >= 0.6 is 0 Å². The summed E-state index contributed by atoms with van der Waals surface area (Å²) in [7, 11) is 1.78. The minimum atomic E-state index is -0.740. The van der Waals surface area contributed by atoms with Gasteiger partial charge in [-0.15, -0.1) is 0 Å². The summed E-state index contributed by atoms with van der Waals surface area (Å²) in [5.74, 6) is 0.242. The average Bonchev–Trinajstić information content (AvgIpc) is 2.85. The number of ether oxygens (including phenoxy) is 1. The monoisotopic (exact) mass is 365 g/mol. The Morgan fingerprint density at radius 1 is 1.07 bits per heavy atom. The van der Waals surface area contributed by atoms with E-state index in [1.807, 2.05) is 55.5 Å². The summed E-state index contributed by atoms with van der Waals surface area (Å²) in [6, 6.07) is 16.8. The molecule has 0 spiro atoms. The van der Waals surface area contributed by atoms with Crippen LogP contribution in [-0.4, -0.2) is 21.4 Å². The van der Waals surface area contributed by atoms with E-state index in [0.29, 0.717) is 11.4 Å². The number of aryl methyl sites for hydroxylation is 1. The van der Waals surface area contributed by atoms with Crippen molar-refractivity contribution in [3.8, 4) is 11.4 Å². The van der Waals surface area contributed by atoms with Gasteiger partial charge in [0.25, 0.3) is 11.5 Å². The number of aromatic nitrogens is 2. The van der Waals surface area contributed by atoms with Gasteiger partial charge in [-0.1, -0.05) is 30.3 Å². The highest BCUT2D eigenvalue weighted by Crippen LogP contribution is 2.17. The zero-order valence-electron chi connectivity index (χ0n) is 15.9. The minimum Gasteiger partial charge on any atom is -0.481 e. The van der Waals surface area contributed by atoms with E-state index in [1.54, 1.807) is 31.6 Å². The summed E-state index contributed by atoms with van der Waals surface area (Å²) in [6.45, 7) is 5.41. The van der Waals surface area contributed by atoms with Crippen LogP contribution in [0.1, 0.15) is 18.2 Å². The second kappa shape index (κ2) is 7.53. The molecule has 140 valence electrons.